The van der Waals surface area contributed by atoms with Crippen LogP contribution in [0.15, 0.2) is 24.3 Å². The van der Waals surface area contributed by atoms with Gasteiger partial charge in [0.1, 0.15) is 0 Å². The minimum Gasteiger partial charge on any atom is -0.481 e. The van der Waals surface area contributed by atoms with Gasteiger partial charge in [0.2, 0.25) is 0 Å². The Morgan fingerprint density at radius 2 is 1.89 bits per heavy atom. The van der Waals surface area contributed by atoms with E-state index in [0.29, 0.717) is 11.1 Å². The lowest BCUT2D eigenvalue weighted by atomic mass is 9.99. The summed E-state index contributed by atoms with van der Waals surface area (Å²) in [4.78, 5) is 21.6. The summed E-state index contributed by atoms with van der Waals surface area (Å²) in [6.45, 7) is 1.63. The van der Waals surface area contributed by atoms with Gasteiger partial charge in [-0.25, -0.2) is 0 Å². The highest BCUT2D eigenvalue weighted by Gasteiger charge is 2.40. The van der Waals surface area contributed by atoms with Crippen LogP contribution in [0.5, 0.6) is 0 Å². The Kier molecular flexibility index (Phi) is 4.52. The Labute approximate surface area is 107 Å². The second-order valence-corrected chi connectivity index (χ2v) is 3.98. The highest BCUT2D eigenvalue weighted by molar-refractivity contribution is 5.82. The van der Waals surface area contributed by atoms with Gasteiger partial charge in [-0.15, -0.1) is 0 Å². The summed E-state index contributed by atoms with van der Waals surface area (Å²) in [7, 11) is 0. The number of carboxylic acid groups (broad SMARTS) is 1. The van der Waals surface area contributed by atoms with E-state index in [1.54, 1.807) is 30.4 Å². The number of hydrogen-bond donors (Lipinski definition) is 2. The minimum absolute atomic E-state index is 0.350. The van der Waals surface area contributed by atoms with Crippen molar-refractivity contribution in [2.45, 2.75) is 25.6 Å². The molecule has 1 amide bonds. The van der Waals surface area contributed by atoms with Crippen molar-refractivity contribution < 1.29 is 27.9 Å². The normalized spacial score (nSPS) is 12.8. The number of carboxylic acids is 1. The van der Waals surface area contributed by atoms with Gasteiger partial charge in [-0.05, 0) is 18.1 Å². The quantitative estimate of drug-likeness (QED) is 0.885. The van der Waals surface area contributed by atoms with E-state index in [2.05, 4.69) is 0 Å². The largest absolute Gasteiger partial charge is 0.481 e. The monoisotopic (exact) mass is 275 g/mol. The number of aryl methyl sites for hydroxylation is 1. The van der Waals surface area contributed by atoms with Gasteiger partial charge >= 0.3 is 18.1 Å². The Balaban J connectivity index is 3.00. The molecule has 1 atom stereocenters. The second-order valence-electron chi connectivity index (χ2n) is 3.98. The zero-order valence-electron chi connectivity index (χ0n) is 9.99. The van der Waals surface area contributed by atoms with Crippen LogP contribution in [0, 0.1) is 6.92 Å². The van der Waals surface area contributed by atoms with Crippen LogP contribution in [0.3, 0.4) is 0 Å². The zero-order chi connectivity index (χ0) is 14.6. The molecule has 7 heteroatoms. The van der Waals surface area contributed by atoms with Gasteiger partial charge in [0, 0.05) is 0 Å². The fraction of sp³-hybridized carbons (Fsp3) is 0.333. The Morgan fingerprint density at radius 3 is 2.37 bits per heavy atom. The van der Waals surface area contributed by atoms with Crippen molar-refractivity contribution in [3.05, 3.63) is 35.4 Å². The smallest absolute Gasteiger partial charge is 0.471 e. The maximum Gasteiger partial charge on any atom is 0.471 e. The van der Waals surface area contributed by atoms with E-state index in [9.17, 15) is 22.8 Å². The summed E-state index contributed by atoms with van der Waals surface area (Å²) in [5, 5.41) is 10.4. The van der Waals surface area contributed by atoms with Gasteiger partial charge in [0.15, 0.2) is 0 Å². The van der Waals surface area contributed by atoms with Crippen molar-refractivity contribution in [2.24, 2.45) is 0 Å². The SMILES string of the molecule is Cc1ccccc1[C@@H](CC(=O)O)NC(=O)C(F)(F)F. The molecule has 0 aliphatic rings. The first-order valence-corrected chi connectivity index (χ1v) is 5.37. The lowest BCUT2D eigenvalue weighted by Gasteiger charge is -2.20. The van der Waals surface area contributed by atoms with E-state index in [1.165, 1.54) is 6.07 Å². The molecule has 1 aromatic carbocycles. The molecule has 0 aromatic heterocycles. The van der Waals surface area contributed by atoms with Gasteiger partial charge in [-0.3, -0.25) is 9.59 Å². The molecule has 19 heavy (non-hydrogen) atoms. The summed E-state index contributed by atoms with van der Waals surface area (Å²) in [6.07, 6.45) is -5.66. The molecule has 1 rings (SSSR count). The Morgan fingerprint density at radius 1 is 1.32 bits per heavy atom. The maximum atomic E-state index is 12.2. The lowest BCUT2D eigenvalue weighted by molar-refractivity contribution is -0.174. The van der Waals surface area contributed by atoms with Crippen molar-refractivity contribution in [1.82, 2.24) is 5.32 Å². The molecule has 0 saturated heterocycles. The fourth-order valence-corrected chi connectivity index (χ4v) is 1.63. The molecule has 4 nitrogen and oxygen atoms in total. The topological polar surface area (TPSA) is 66.4 Å². The molecule has 2 N–H and O–H groups in total. The van der Waals surface area contributed by atoms with Crippen molar-refractivity contribution in [1.29, 1.82) is 0 Å². The molecule has 0 spiro atoms. The number of aliphatic carboxylic acids is 1. The first-order chi connectivity index (χ1) is 8.71. The molecule has 0 radical (unpaired) electrons. The molecule has 104 valence electrons. The molecule has 0 unspecified atom stereocenters. The van der Waals surface area contributed by atoms with E-state index >= 15 is 0 Å². The van der Waals surface area contributed by atoms with Crippen LogP contribution in [0.2, 0.25) is 0 Å². The number of benzene rings is 1. The average molecular weight is 275 g/mol. The van der Waals surface area contributed by atoms with Crippen LogP contribution >= 0.6 is 0 Å². The number of alkyl halides is 3. The zero-order valence-corrected chi connectivity index (χ0v) is 9.99. The number of nitrogens with one attached hydrogen (secondary N) is 1. The lowest BCUT2D eigenvalue weighted by Crippen LogP contribution is -2.40. The van der Waals surface area contributed by atoms with Gasteiger partial charge in [0.25, 0.3) is 0 Å². The maximum absolute atomic E-state index is 12.2. The molecular weight excluding hydrogens is 263 g/mol. The van der Waals surface area contributed by atoms with Crippen LogP contribution in [-0.4, -0.2) is 23.2 Å². The predicted octanol–water partition coefficient (Wildman–Crippen LogP) is 2.19. The number of hydrogen-bond acceptors (Lipinski definition) is 2. The number of halogens is 3. The van der Waals surface area contributed by atoms with Crippen LogP contribution in [0.25, 0.3) is 0 Å². The third kappa shape index (κ3) is 4.27. The third-order valence-electron chi connectivity index (χ3n) is 2.51. The average Bonchev–Trinajstić information content (AvgIpc) is 2.26. The van der Waals surface area contributed by atoms with Crippen molar-refractivity contribution >= 4 is 11.9 Å². The number of rotatable bonds is 4. The highest BCUT2D eigenvalue weighted by Crippen LogP contribution is 2.23. The van der Waals surface area contributed by atoms with Gasteiger partial charge in [-0.2, -0.15) is 13.2 Å². The van der Waals surface area contributed by atoms with Crippen LogP contribution in [-0.2, 0) is 9.59 Å². The van der Waals surface area contributed by atoms with Gasteiger partial charge in [0.05, 0.1) is 12.5 Å². The van der Waals surface area contributed by atoms with E-state index in [4.69, 9.17) is 5.11 Å². The molecule has 0 bridgehead atoms. The first kappa shape index (κ1) is 15.0. The molecule has 0 aliphatic carbocycles. The molecule has 0 heterocycles. The second kappa shape index (κ2) is 5.73. The molecule has 0 fully saturated rings. The van der Waals surface area contributed by atoms with Crippen LogP contribution in [0.4, 0.5) is 13.2 Å². The van der Waals surface area contributed by atoms with Crippen molar-refractivity contribution in [3.63, 3.8) is 0 Å². The van der Waals surface area contributed by atoms with Crippen molar-refractivity contribution in [3.8, 4) is 0 Å². The van der Waals surface area contributed by atoms with E-state index in [1.807, 2.05) is 0 Å². The Hall–Kier alpha value is -2.05. The summed E-state index contributed by atoms with van der Waals surface area (Å²) >= 11 is 0. The van der Waals surface area contributed by atoms with Crippen LogP contribution in [0.1, 0.15) is 23.6 Å². The fourth-order valence-electron chi connectivity index (χ4n) is 1.63. The predicted molar refractivity (Wildman–Crippen MR) is 60.4 cm³/mol. The summed E-state index contributed by atoms with van der Waals surface area (Å²) < 4.78 is 36.6. The van der Waals surface area contributed by atoms with Gasteiger partial charge in [-0.1, -0.05) is 24.3 Å². The van der Waals surface area contributed by atoms with E-state index in [-0.39, 0.29) is 0 Å². The number of carbonyl (C=O) groups excluding carboxylic acids is 1. The summed E-state index contributed by atoms with van der Waals surface area (Å²) in [6, 6.07) is 5.13. The number of amides is 1. The minimum atomic E-state index is -5.04. The third-order valence-corrected chi connectivity index (χ3v) is 2.51. The first-order valence-electron chi connectivity index (χ1n) is 5.37. The highest BCUT2D eigenvalue weighted by atomic mass is 19.4. The van der Waals surface area contributed by atoms with Gasteiger partial charge < -0.3 is 10.4 Å². The number of carbonyl (C=O) groups is 2. The molecule has 0 aliphatic heterocycles. The van der Waals surface area contributed by atoms with Crippen molar-refractivity contribution in [2.75, 3.05) is 0 Å². The Bertz CT molecular complexity index is 485. The van der Waals surface area contributed by atoms with Crippen LogP contribution < -0.4 is 5.32 Å². The molecule has 0 saturated carbocycles. The summed E-state index contributed by atoms with van der Waals surface area (Å²) in [5.74, 6) is -3.45. The van der Waals surface area contributed by atoms with E-state index < -0.39 is 30.5 Å². The standard InChI is InChI=1S/C12H12F3NO3/c1-7-4-2-3-5-8(7)9(6-10(17)18)16-11(19)12(13,14)15/h2-5,9H,6H2,1H3,(H,16,19)(H,17,18)/t9-/m1/s1. The molecule has 1 aromatic rings. The van der Waals surface area contributed by atoms with E-state index in [0.717, 1.165) is 0 Å². The summed E-state index contributed by atoms with van der Waals surface area (Å²) in [5.41, 5.74) is 0.957. The molecular formula is C12H12F3NO3.